The number of ether oxygens (including phenoxy) is 1. The highest BCUT2D eigenvalue weighted by molar-refractivity contribution is 5.76. The Morgan fingerprint density at radius 2 is 1.68 bits per heavy atom. The molecule has 1 aromatic carbocycles. The first kappa shape index (κ1) is 24.2. The smallest absolute Gasteiger partial charge is 0.308 e. The molecule has 0 aromatic heterocycles. The molecule has 0 radical (unpaired) electrons. The Bertz CT molecular complexity index is 578. The molecule has 1 aromatic rings. The van der Waals surface area contributed by atoms with E-state index in [2.05, 4.69) is 13.8 Å². The summed E-state index contributed by atoms with van der Waals surface area (Å²) < 4.78 is 5.33. The van der Waals surface area contributed by atoms with E-state index in [1.54, 1.807) is 0 Å². The summed E-state index contributed by atoms with van der Waals surface area (Å²) >= 11 is 0. The Kier molecular flexibility index (Phi) is 10.8. The maximum Gasteiger partial charge on any atom is 0.308 e. The molecule has 0 bridgehead atoms. The third-order valence-corrected chi connectivity index (χ3v) is 4.12. The van der Waals surface area contributed by atoms with Crippen molar-refractivity contribution in [1.82, 2.24) is 5.06 Å². The average Bonchev–Trinajstić information content (AvgIpc) is 2.60. The van der Waals surface area contributed by atoms with E-state index >= 15 is 0 Å². The molecule has 0 spiro atoms. The summed E-state index contributed by atoms with van der Waals surface area (Å²) in [7, 11) is 0. The molecule has 1 amide bonds. The molecule has 0 saturated carbocycles. The van der Waals surface area contributed by atoms with E-state index in [9.17, 15) is 9.59 Å². The van der Waals surface area contributed by atoms with Gasteiger partial charge in [0.2, 0.25) is 5.91 Å². The summed E-state index contributed by atoms with van der Waals surface area (Å²) in [4.78, 5) is 30.4. The third kappa shape index (κ3) is 11.8. The van der Waals surface area contributed by atoms with Gasteiger partial charge in [0.15, 0.2) is 0 Å². The maximum atomic E-state index is 12.6. The van der Waals surface area contributed by atoms with Crippen LogP contribution in [-0.4, -0.2) is 29.1 Å². The highest BCUT2D eigenvalue weighted by Gasteiger charge is 2.20. The normalized spacial score (nSPS) is 11.5. The van der Waals surface area contributed by atoms with Crippen molar-refractivity contribution >= 4 is 11.9 Å². The molecular weight excluding hydrogens is 354 g/mol. The third-order valence-electron chi connectivity index (χ3n) is 4.12. The van der Waals surface area contributed by atoms with E-state index in [1.165, 1.54) is 11.5 Å². The molecule has 0 saturated heterocycles. The van der Waals surface area contributed by atoms with Gasteiger partial charge >= 0.3 is 5.97 Å². The molecule has 0 atom stereocenters. The Balaban J connectivity index is 2.53. The van der Waals surface area contributed by atoms with Gasteiger partial charge in [-0.15, -0.1) is 0 Å². The number of carbonyl (C=O) groups excluding carboxylic acids is 2. The molecule has 0 fully saturated rings. The summed E-state index contributed by atoms with van der Waals surface area (Å²) in [5.41, 5.74) is 0.447. The van der Waals surface area contributed by atoms with Gasteiger partial charge in [-0.2, -0.15) is 0 Å². The second-order valence-electron chi connectivity index (χ2n) is 8.58. The van der Waals surface area contributed by atoms with E-state index in [0.29, 0.717) is 18.9 Å². The minimum atomic E-state index is -0.534. The van der Waals surface area contributed by atoms with Crippen molar-refractivity contribution in [1.29, 1.82) is 0 Å². The van der Waals surface area contributed by atoms with Gasteiger partial charge in [0.25, 0.3) is 0 Å². The SMILES string of the molecule is CC(C)CCCCCC(=O)N(CCC(=O)OC(C)(C)C)OCc1ccccc1. The molecule has 5 heteroatoms. The van der Waals surface area contributed by atoms with Crippen molar-refractivity contribution in [3.05, 3.63) is 35.9 Å². The van der Waals surface area contributed by atoms with Crippen LogP contribution >= 0.6 is 0 Å². The van der Waals surface area contributed by atoms with Gasteiger partial charge in [-0.3, -0.25) is 14.4 Å². The lowest BCUT2D eigenvalue weighted by molar-refractivity contribution is -0.194. The van der Waals surface area contributed by atoms with Crippen LogP contribution in [0.15, 0.2) is 30.3 Å². The summed E-state index contributed by atoms with van der Waals surface area (Å²) in [6.07, 6.45) is 4.73. The number of amides is 1. The van der Waals surface area contributed by atoms with Gasteiger partial charge in [0.05, 0.1) is 13.0 Å². The van der Waals surface area contributed by atoms with Crippen molar-refractivity contribution in [3.63, 3.8) is 0 Å². The molecule has 0 unspecified atom stereocenters. The van der Waals surface area contributed by atoms with Crippen LogP contribution in [0.1, 0.15) is 78.7 Å². The number of hydrogen-bond donors (Lipinski definition) is 0. The fourth-order valence-electron chi connectivity index (χ4n) is 2.70. The monoisotopic (exact) mass is 391 g/mol. The largest absolute Gasteiger partial charge is 0.460 e. The number of carbonyl (C=O) groups is 2. The van der Waals surface area contributed by atoms with Crippen LogP contribution in [0, 0.1) is 5.92 Å². The van der Waals surface area contributed by atoms with Crippen molar-refractivity contribution in [2.24, 2.45) is 5.92 Å². The number of esters is 1. The molecule has 0 heterocycles. The second-order valence-corrected chi connectivity index (χ2v) is 8.58. The van der Waals surface area contributed by atoms with Crippen LogP contribution < -0.4 is 0 Å². The summed E-state index contributed by atoms with van der Waals surface area (Å²) in [5.74, 6) is 0.282. The first-order valence-electron chi connectivity index (χ1n) is 10.4. The Morgan fingerprint density at radius 3 is 2.29 bits per heavy atom. The van der Waals surface area contributed by atoms with Crippen molar-refractivity contribution in [2.75, 3.05) is 6.54 Å². The lowest BCUT2D eigenvalue weighted by atomic mass is 10.0. The van der Waals surface area contributed by atoms with E-state index in [1.807, 2.05) is 51.1 Å². The maximum absolute atomic E-state index is 12.6. The van der Waals surface area contributed by atoms with Crippen LogP contribution in [0.25, 0.3) is 0 Å². The topological polar surface area (TPSA) is 55.8 Å². The van der Waals surface area contributed by atoms with Gasteiger partial charge in [-0.25, -0.2) is 5.06 Å². The summed E-state index contributed by atoms with van der Waals surface area (Å²) in [5, 5.41) is 1.33. The molecule has 0 aliphatic rings. The van der Waals surface area contributed by atoms with Gasteiger partial charge in [-0.1, -0.05) is 63.4 Å². The zero-order chi connectivity index (χ0) is 21.0. The Labute approximate surface area is 170 Å². The first-order chi connectivity index (χ1) is 13.2. The molecule has 0 aliphatic carbocycles. The quantitative estimate of drug-likeness (QED) is 0.276. The van der Waals surface area contributed by atoms with Crippen LogP contribution in [0.2, 0.25) is 0 Å². The van der Waals surface area contributed by atoms with E-state index < -0.39 is 5.60 Å². The van der Waals surface area contributed by atoms with Gasteiger partial charge in [0.1, 0.15) is 12.2 Å². The fourth-order valence-corrected chi connectivity index (χ4v) is 2.70. The van der Waals surface area contributed by atoms with Crippen LogP contribution in [-0.2, 0) is 25.8 Å². The van der Waals surface area contributed by atoms with Crippen molar-refractivity contribution in [3.8, 4) is 0 Å². The predicted octanol–water partition coefficient (Wildman–Crippen LogP) is 5.29. The summed E-state index contributed by atoms with van der Waals surface area (Å²) in [6, 6.07) is 9.69. The Hall–Kier alpha value is -1.88. The number of unbranched alkanes of at least 4 members (excludes halogenated alkanes) is 2. The lowest BCUT2D eigenvalue weighted by Crippen LogP contribution is -2.34. The highest BCUT2D eigenvalue weighted by atomic mass is 16.7. The number of hydrogen-bond acceptors (Lipinski definition) is 4. The molecular formula is C23H37NO4. The molecule has 158 valence electrons. The van der Waals surface area contributed by atoms with Crippen molar-refractivity contribution in [2.45, 2.75) is 85.4 Å². The highest BCUT2D eigenvalue weighted by Crippen LogP contribution is 2.13. The van der Waals surface area contributed by atoms with Gasteiger partial charge < -0.3 is 4.74 Å². The lowest BCUT2D eigenvalue weighted by Gasteiger charge is -2.24. The molecule has 1 rings (SSSR count). The predicted molar refractivity (Wildman–Crippen MR) is 111 cm³/mol. The minimum absolute atomic E-state index is 0.0796. The average molecular weight is 392 g/mol. The number of benzene rings is 1. The second kappa shape index (κ2) is 12.6. The van der Waals surface area contributed by atoms with Crippen LogP contribution in [0.3, 0.4) is 0 Å². The van der Waals surface area contributed by atoms with E-state index in [-0.39, 0.29) is 24.8 Å². The molecule has 28 heavy (non-hydrogen) atoms. The number of rotatable bonds is 12. The Morgan fingerprint density at radius 1 is 1.00 bits per heavy atom. The zero-order valence-corrected chi connectivity index (χ0v) is 18.2. The first-order valence-corrected chi connectivity index (χ1v) is 10.4. The van der Waals surface area contributed by atoms with E-state index in [4.69, 9.17) is 9.57 Å². The standard InChI is InChI=1S/C23H37NO4/c1-19(2)12-8-6-11-15-21(25)24(17-16-22(26)28-23(3,4)5)27-18-20-13-9-7-10-14-20/h7,9-10,13-14,19H,6,8,11-12,15-18H2,1-5H3. The minimum Gasteiger partial charge on any atom is -0.460 e. The van der Waals surface area contributed by atoms with Gasteiger partial charge in [-0.05, 0) is 38.7 Å². The van der Waals surface area contributed by atoms with Crippen LogP contribution in [0.4, 0.5) is 0 Å². The zero-order valence-electron chi connectivity index (χ0n) is 18.2. The molecule has 5 nitrogen and oxygen atoms in total. The van der Waals surface area contributed by atoms with E-state index in [0.717, 1.165) is 24.8 Å². The molecule has 0 aliphatic heterocycles. The van der Waals surface area contributed by atoms with Crippen LogP contribution in [0.5, 0.6) is 0 Å². The fraction of sp³-hybridized carbons (Fsp3) is 0.652. The number of nitrogens with zero attached hydrogens (tertiary/aromatic N) is 1. The van der Waals surface area contributed by atoms with Gasteiger partial charge in [0, 0.05) is 6.42 Å². The number of hydroxylamine groups is 2. The molecule has 0 N–H and O–H groups in total. The summed E-state index contributed by atoms with van der Waals surface area (Å²) in [6.45, 7) is 10.4. The van der Waals surface area contributed by atoms with Crippen molar-refractivity contribution < 1.29 is 19.2 Å².